The van der Waals surface area contributed by atoms with E-state index in [-0.39, 0.29) is 11.9 Å². The van der Waals surface area contributed by atoms with Crippen LogP contribution in [0.2, 0.25) is 0 Å². The Morgan fingerprint density at radius 1 is 1.21 bits per heavy atom. The number of imidazole rings is 1. The van der Waals surface area contributed by atoms with E-state index in [1.54, 1.807) is 16.0 Å². The fourth-order valence-electron chi connectivity index (χ4n) is 3.30. The predicted molar refractivity (Wildman–Crippen MR) is 102 cm³/mol. The van der Waals surface area contributed by atoms with E-state index >= 15 is 0 Å². The molecule has 0 radical (unpaired) electrons. The summed E-state index contributed by atoms with van der Waals surface area (Å²) in [4.78, 5) is 22.1. The maximum Gasteiger partial charge on any atom is 0.416 e. The summed E-state index contributed by atoms with van der Waals surface area (Å²) in [6.45, 7) is 4.23. The number of aromatic nitrogens is 2. The van der Waals surface area contributed by atoms with Crippen LogP contribution in [0.3, 0.4) is 0 Å². The average Bonchev–Trinajstić information content (AvgIpc) is 3.23. The minimum Gasteiger partial charge on any atom is -0.334 e. The summed E-state index contributed by atoms with van der Waals surface area (Å²) in [6.07, 6.45) is -2.66. The fraction of sp³-hybridized carbons (Fsp3) is 0.368. The summed E-state index contributed by atoms with van der Waals surface area (Å²) < 4.78 is 40.0. The van der Waals surface area contributed by atoms with Crippen LogP contribution in [-0.2, 0) is 6.18 Å². The third-order valence-electron chi connectivity index (χ3n) is 5.18. The SMILES string of the molecule is CC1CN(C(=O)c2csc3nc(-c4ccc(C(F)(F)F)cc4)cn23)CCN1C. The van der Waals surface area contributed by atoms with E-state index in [0.717, 1.165) is 18.7 Å². The minimum atomic E-state index is -4.37. The quantitative estimate of drug-likeness (QED) is 0.647. The molecule has 2 aromatic heterocycles. The Morgan fingerprint density at radius 3 is 2.57 bits per heavy atom. The van der Waals surface area contributed by atoms with E-state index < -0.39 is 11.7 Å². The Hall–Kier alpha value is -2.39. The van der Waals surface area contributed by atoms with E-state index in [4.69, 9.17) is 0 Å². The second-order valence-corrected chi connectivity index (χ2v) is 7.89. The summed E-state index contributed by atoms with van der Waals surface area (Å²) in [5.41, 5.74) is 0.955. The first-order valence-corrected chi connectivity index (χ1v) is 9.76. The molecule has 1 fully saturated rings. The Balaban J connectivity index is 1.61. The van der Waals surface area contributed by atoms with Gasteiger partial charge < -0.3 is 9.80 Å². The fourth-order valence-corrected chi connectivity index (χ4v) is 4.15. The van der Waals surface area contributed by atoms with Crippen LogP contribution >= 0.6 is 11.3 Å². The number of thiazole rings is 1. The molecule has 0 spiro atoms. The summed E-state index contributed by atoms with van der Waals surface area (Å²) in [5.74, 6) is -0.0532. The third kappa shape index (κ3) is 3.40. The molecule has 28 heavy (non-hydrogen) atoms. The molecule has 9 heteroatoms. The van der Waals surface area contributed by atoms with Crippen LogP contribution in [-0.4, -0.2) is 57.8 Å². The van der Waals surface area contributed by atoms with Gasteiger partial charge in [-0.3, -0.25) is 9.20 Å². The van der Waals surface area contributed by atoms with Gasteiger partial charge >= 0.3 is 6.18 Å². The largest absolute Gasteiger partial charge is 0.416 e. The van der Waals surface area contributed by atoms with Crippen molar-refractivity contribution in [2.45, 2.75) is 19.1 Å². The first kappa shape index (κ1) is 18.9. The molecule has 1 unspecified atom stereocenters. The number of piperazine rings is 1. The number of hydrogen-bond donors (Lipinski definition) is 0. The van der Waals surface area contributed by atoms with Gasteiger partial charge in [-0.1, -0.05) is 12.1 Å². The van der Waals surface area contributed by atoms with Crippen LogP contribution in [0.1, 0.15) is 23.0 Å². The van der Waals surface area contributed by atoms with Gasteiger partial charge in [0.25, 0.3) is 5.91 Å². The third-order valence-corrected chi connectivity index (χ3v) is 6.02. The molecular formula is C19H19F3N4OS. The van der Waals surface area contributed by atoms with Gasteiger partial charge in [-0.05, 0) is 26.1 Å². The minimum absolute atomic E-state index is 0.0532. The lowest BCUT2D eigenvalue weighted by Crippen LogP contribution is -2.52. The first-order chi connectivity index (χ1) is 13.2. The van der Waals surface area contributed by atoms with Crippen molar-refractivity contribution in [1.29, 1.82) is 0 Å². The number of amides is 1. The molecule has 1 aromatic carbocycles. The maximum absolute atomic E-state index is 13.0. The highest BCUT2D eigenvalue weighted by Crippen LogP contribution is 2.31. The molecule has 148 valence electrons. The van der Waals surface area contributed by atoms with Crippen LogP contribution in [0.15, 0.2) is 35.8 Å². The lowest BCUT2D eigenvalue weighted by Gasteiger charge is -2.37. The molecule has 0 N–H and O–H groups in total. The standard InChI is InChI=1S/C19H19F3N4OS/c1-12-9-25(8-7-24(12)2)17(27)16-11-28-18-23-15(10-26(16)18)13-3-5-14(6-4-13)19(20,21)22/h3-6,10-12H,7-9H2,1-2H3. The van der Waals surface area contributed by atoms with Crippen molar-refractivity contribution in [2.75, 3.05) is 26.7 Å². The summed E-state index contributed by atoms with van der Waals surface area (Å²) in [7, 11) is 2.04. The average molecular weight is 408 g/mol. The first-order valence-electron chi connectivity index (χ1n) is 8.88. The number of carbonyl (C=O) groups is 1. The van der Waals surface area contributed by atoms with Gasteiger partial charge in [0.1, 0.15) is 5.69 Å². The zero-order chi connectivity index (χ0) is 20.1. The molecule has 1 aliphatic rings. The molecule has 1 amide bonds. The van der Waals surface area contributed by atoms with Gasteiger partial charge in [-0.25, -0.2) is 4.98 Å². The van der Waals surface area contributed by atoms with Crippen molar-refractivity contribution < 1.29 is 18.0 Å². The van der Waals surface area contributed by atoms with E-state index in [1.165, 1.54) is 23.5 Å². The highest BCUT2D eigenvalue weighted by Gasteiger charge is 2.30. The molecule has 0 bridgehead atoms. The normalized spacial score (nSPS) is 18.8. The number of hydrogen-bond acceptors (Lipinski definition) is 4. The van der Waals surface area contributed by atoms with Crippen LogP contribution in [0, 0.1) is 0 Å². The molecule has 3 aromatic rings. The Labute approximate surface area is 164 Å². The number of rotatable bonds is 2. The number of fused-ring (bicyclic) bond motifs is 1. The summed E-state index contributed by atoms with van der Waals surface area (Å²) in [5, 5.41) is 1.78. The van der Waals surface area contributed by atoms with Gasteiger partial charge in [-0.2, -0.15) is 13.2 Å². The van der Waals surface area contributed by atoms with Crippen LogP contribution in [0.25, 0.3) is 16.2 Å². The van der Waals surface area contributed by atoms with E-state index in [9.17, 15) is 18.0 Å². The summed E-state index contributed by atoms with van der Waals surface area (Å²) in [6, 6.07) is 5.18. The molecule has 4 rings (SSSR count). The van der Waals surface area contributed by atoms with Crippen molar-refractivity contribution >= 4 is 22.2 Å². The van der Waals surface area contributed by atoms with Crippen molar-refractivity contribution in [3.05, 3.63) is 47.1 Å². The van der Waals surface area contributed by atoms with Crippen molar-refractivity contribution in [2.24, 2.45) is 0 Å². The van der Waals surface area contributed by atoms with Gasteiger partial charge in [0, 0.05) is 42.8 Å². The number of likely N-dealkylation sites (N-methyl/N-ethyl adjacent to an activating group) is 1. The highest BCUT2D eigenvalue weighted by molar-refractivity contribution is 7.15. The van der Waals surface area contributed by atoms with Crippen molar-refractivity contribution in [3.63, 3.8) is 0 Å². The van der Waals surface area contributed by atoms with Crippen LogP contribution in [0.4, 0.5) is 13.2 Å². The lowest BCUT2D eigenvalue weighted by molar-refractivity contribution is -0.137. The monoisotopic (exact) mass is 408 g/mol. The number of nitrogens with zero attached hydrogens (tertiary/aromatic N) is 4. The molecule has 0 saturated carbocycles. The second kappa shape index (κ2) is 6.89. The molecule has 0 aliphatic carbocycles. The highest BCUT2D eigenvalue weighted by atomic mass is 32.1. The Bertz CT molecular complexity index is 1010. The smallest absolute Gasteiger partial charge is 0.334 e. The molecule has 3 heterocycles. The van der Waals surface area contributed by atoms with Gasteiger partial charge in [0.15, 0.2) is 4.96 Å². The molecule has 5 nitrogen and oxygen atoms in total. The maximum atomic E-state index is 13.0. The van der Waals surface area contributed by atoms with Crippen molar-refractivity contribution in [3.8, 4) is 11.3 Å². The molecule has 1 aliphatic heterocycles. The molecular weight excluding hydrogens is 389 g/mol. The second-order valence-electron chi connectivity index (χ2n) is 7.06. The Morgan fingerprint density at radius 2 is 1.93 bits per heavy atom. The zero-order valence-electron chi connectivity index (χ0n) is 15.4. The van der Waals surface area contributed by atoms with Crippen LogP contribution in [0.5, 0.6) is 0 Å². The van der Waals surface area contributed by atoms with Crippen molar-refractivity contribution in [1.82, 2.24) is 19.2 Å². The molecule has 1 saturated heterocycles. The van der Waals surface area contributed by atoms with Gasteiger partial charge in [0.05, 0.1) is 11.3 Å². The Kier molecular flexibility index (Phi) is 4.67. The number of benzene rings is 1. The number of halogens is 3. The van der Waals surface area contributed by atoms with Gasteiger partial charge in [0.2, 0.25) is 0 Å². The number of carbonyl (C=O) groups excluding carboxylic acids is 1. The van der Waals surface area contributed by atoms with E-state index in [1.807, 2.05) is 11.9 Å². The zero-order valence-corrected chi connectivity index (χ0v) is 16.2. The van der Waals surface area contributed by atoms with Gasteiger partial charge in [-0.15, -0.1) is 11.3 Å². The van der Waals surface area contributed by atoms with E-state index in [2.05, 4.69) is 16.8 Å². The lowest BCUT2D eigenvalue weighted by atomic mass is 10.1. The molecule has 1 atom stereocenters. The van der Waals surface area contributed by atoms with Crippen LogP contribution < -0.4 is 0 Å². The number of alkyl halides is 3. The topological polar surface area (TPSA) is 40.9 Å². The predicted octanol–water partition coefficient (Wildman–Crippen LogP) is 3.86. The van der Waals surface area contributed by atoms with E-state index in [0.29, 0.717) is 35.0 Å². The summed E-state index contributed by atoms with van der Waals surface area (Å²) >= 11 is 1.34.